The van der Waals surface area contributed by atoms with Gasteiger partial charge in [0.1, 0.15) is 0 Å². The van der Waals surface area contributed by atoms with Crippen LogP contribution < -0.4 is 5.32 Å². The molecule has 2 atom stereocenters. The van der Waals surface area contributed by atoms with Crippen molar-refractivity contribution in [3.8, 4) is 0 Å². The van der Waals surface area contributed by atoms with E-state index >= 15 is 0 Å². The van der Waals surface area contributed by atoms with Gasteiger partial charge in [0.25, 0.3) is 0 Å². The first-order chi connectivity index (χ1) is 9.20. The van der Waals surface area contributed by atoms with E-state index in [2.05, 4.69) is 50.4 Å². The third-order valence-corrected chi connectivity index (χ3v) is 4.27. The Labute approximate surface area is 117 Å². The fraction of sp³-hybridized carbons (Fsp3) is 0.647. The van der Waals surface area contributed by atoms with E-state index in [0.717, 1.165) is 25.9 Å². The third kappa shape index (κ3) is 4.05. The van der Waals surface area contributed by atoms with Crippen molar-refractivity contribution < 1.29 is 4.74 Å². The topological polar surface area (TPSA) is 21.3 Å². The van der Waals surface area contributed by atoms with Gasteiger partial charge in [-0.25, -0.2) is 0 Å². The van der Waals surface area contributed by atoms with Crippen molar-refractivity contribution in [2.24, 2.45) is 0 Å². The van der Waals surface area contributed by atoms with E-state index in [1.54, 1.807) is 0 Å². The van der Waals surface area contributed by atoms with Gasteiger partial charge < -0.3 is 10.1 Å². The Morgan fingerprint density at radius 3 is 2.26 bits per heavy atom. The lowest BCUT2D eigenvalue weighted by Gasteiger charge is -2.26. The Balaban J connectivity index is 1.93. The molecule has 1 aliphatic heterocycles. The van der Waals surface area contributed by atoms with Crippen LogP contribution in [0.3, 0.4) is 0 Å². The van der Waals surface area contributed by atoms with Crippen LogP contribution in [-0.4, -0.2) is 19.2 Å². The Morgan fingerprint density at radius 2 is 1.68 bits per heavy atom. The van der Waals surface area contributed by atoms with Crippen LogP contribution in [0.1, 0.15) is 63.2 Å². The quantitative estimate of drug-likeness (QED) is 0.864. The molecule has 2 rings (SSSR count). The first kappa shape index (κ1) is 14.5. The van der Waals surface area contributed by atoms with Gasteiger partial charge in [-0.3, -0.25) is 0 Å². The normalized spacial score (nSPS) is 20.2. The highest BCUT2D eigenvalue weighted by molar-refractivity contribution is 5.26. The van der Waals surface area contributed by atoms with Gasteiger partial charge in [0, 0.05) is 0 Å². The molecule has 1 N–H and O–H groups in total. The fourth-order valence-corrected chi connectivity index (χ4v) is 2.63. The van der Waals surface area contributed by atoms with Gasteiger partial charge in [0.05, 0.1) is 12.2 Å². The van der Waals surface area contributed by atoms with Crippen LogP contribution in [0.5, 0.6) is 0 Å². The second-order valence-corrected chi connectivity index (χ2v) is 5.70. The summed E-state index contributed by atoms with van der Waals surface area (Å²) in [6, 6.07) is 8.97. The maximum Gasteiger partial charge on any atom is 0.0800 e. The first-order valence-electron chi connectivity index (χ1n) is 7.66. The molecule has 19 heavy (non-hydrogen) atoms. The number of nitrogens with one attached hydrogen (secondary N) is 1. The minimum Gasteiger partial charge on any atom is -0.370 e. The van der Waals surface area contributed by atoms with E-state index in [-0.39, 0.29) is 6.10 Å². The lowest BCUT2D eigenvalue weighted by Crippen LogP contribution is -2.33. The zero-order valence-electron chi connectivity index (χ0n) is 12.5. The predicted octanol–water partition coefficient (Wildman–Crippen LogP) is 4.03. The number of rotatable bonds is 5. The molecule has 0 radical (unpaired) electrons. The van der Waals surface area contributed by atoms with Crippen LogP contribution in [0.4, 0.5) is 0 Å². The molecule has 1 aliphatic rings. The summed E-state index contributed by atoms with van der Waals surface area (Å²) in [5.74, 6) is 0.648. The zero-order chi connectivity index (χ0) is 13.7. The predicted molar refractivity (Wildman–Crippen MR) is 80.5 cm³/mol. The Kier molecular flexibility index (Phi) is 5.41. The van der Waals surface area contributed by atoms with Crippen LogP contribution in [0.25, 0.3) is 0 Å². The van der Waals surface area contributed by atoms with Crippen LogP contribution in [0.2, 0.25) is 0 Å². The van der Waals surface area contributed by atoms with E-state index in [1.807, 2.05) is 0 Å². The van der Waals surface area contributed by atoms with Crippen LogP contribution >= 0.6 is 0 Å². The molecule has 106 valence electrons. The maximum absolute atomic E-state index is 6.16. The number of hydrogen-bond donors (Lipinski definition) is 1. The van der Waals surface area contributed by atoms with E-state index in [0.29, 0.717) is 12.0 Å². The second kappa shape index (κ2) is 7.06. The second-order valence-electron chi connectivity index (χ2n) is 5.70. The Morgan fingerprint density at radius 1 is 1.11 bits per heavy atom. The number of hydrogen-bond acceptors (Lipinski definition) is 2. The van der Waals surface area contributed by atoms with Gasteiger partial charge in [-0.2, -0.15) is 0 Å². The van der Waals surface area contributed by atoms with Crippen molar-refractivity contribution in [3.63, 3.8) is 0 Å². The van der Waals surface area contributed by atoms with E-state index in [1.165, 1.54) is 17.5 Å². The minimum absolute atomic E-state index is 0.203. The standard InChI is InChI=1S/C17H27NO/c1-4-13(2)15-5-7-16(8-6-15)14(3)19-17-9-11-18-12-10-17/h5-8,13-14,17-18H,4,9-12H2,1-3H3. The van der Waals surface area contributed by atoms with Gasteiger partial charge in [-0.05, 0) is 56.3 Å². The van der Waals surface area contributed by atoms with Gasteiger partial charge in [-0.1, -0.05) is 38.1 Å². The summed E-state index contributed by atoms with van der Waals surface area (Å²) in [5, 5.41) is 3.37. The number of benzene rings is 1. The van der Waals surface area contributed by atoms with E-state index in [9.17, 15) is 0 Å². The Bertz CT molecular complexity index is 367. The minimum atomic E-state index is 0.203. The van der Waals surface area contributed by atoms with Crippen LogP contribution in [0.15, 0.2) is 24.3 Å². The van der Waals surface area contributed by atoms with E-state index in [4.69, 9.17) is 4.74 Å². The van der Waals surface area contributed by atoms with Crippen molar-refractivity contribution in [2.45, 2.75) is 58.2 Å². The molecule has 2 nitrogen and oxygen atoms in total. The van der Waals surface area contributed by atoms with Gasteiger partial charge in [0.2, 0.25) is 0 Å². The summed E-state index contributed by atoms with van der Waals surface area (Å²) >= 11 is 0. The molecule has 0 aromatic heterocycles. The first-order valence-corrected chi connectivity index (χ1v) is 7.66. The molecule has 0 aliphatic carbocycles. The molecule has 2 unspecified atom stereocenters. The molecule has 0 spiro atoms. The molecule has 0 bridgehead atoms. The van der Waals surface area contributed by atoms with Gasteiger partial charge >= 0.3 is 0 Å². The monoisotopic (exact) mass is 261 g/mol. The molecule has 0 saturated carbocycles. The van der Waals surface area contributed by atoms with Crippen molar-refractivity contribution in [3.05, 3.63) is 35.4 Å². The maximum atomic E-state index is 6.16. The van der Waals surface area contributed by atoms with Crippen molar-refractivity contribution in [2.75, 3.05) is 13.1 Å². The van der Waals surface area contributed by atoms with Gasteiger partial charge in [-0.15, -0.1) is 0 Å². The van der Waals surface area contributed by atoms with Gasteiger partial charge in [0.15, 0.2) is 0 Å². The Hall–Kier alpha value is -0.860. The summed E-state index contributed by atoms with van der Waals surface area (Å²) in [5.41, 5.74) is 2.73. The summed E-state index contributed by atoms with van der Waals surface area (Å²) in [6.07, 6.45) is 4.09. The SMILES string of the molecule is CCC(C)c1ccc(C(C)OC2CCNCC2)cc1. The number of piperidine rings is 1. The average molecular weight is 261 g/mol. The lowest BCUT2D eigenvalue weighted by molar-refractivity contribution is -0.0186. The molecule has 2 heteroatoms. The highest BCUT2D eigenvalue weighted by Crippen LogP contribution is 2.25. The third-order valence-electron chi connectivity index (χ3n) is 4.27. The molecule has 1 heterocycles. The molecule has 1 fully saturated rings. The molecular weight excluding hydrogens is 234 g/mol. The molecule has 0 amide bonds. The zero-order valence-corrected chi connectivity index (χ0v) is 12.5. The highest BCUT2D eigenvalue weighted by atomic mass is 16.5. The largest absolute Gasteiger partial charge is 0.370 e. The summed E-state index contributed by atoms with van der Waals surface area (Å²) in [7, 11) is 0. The lowest BCUT2D eigenvalue weighted by atomic mass is 9.96. The summed E-state index contributed by atoms with van der Waals surface area (Å²) < 4.78 is 6.16. The molecule has 1 aromatic rings. The smallest absolute Gasteiger partial charge is 0.0800 e. The number of ether oxygens (including phenoxy) is 1. The average Bonchev–Trinajstić information content (AvgIpc) is 2.47. The summed E-state index contributed by atoms with van der Waals surface area (Å²) in [6.45, 7) is 8.86. The van der Waals surface area contributed by atoms with Crippen molar-refractivity contribution >= 4 is 0 Å². The highest BCUT2D eigenvalue weighted by Gasteiger charge is 2.17. The van der Waals surface area contributed by atoms with Crippen LogP contribution in [0, 0.1) is 0 Å². The van der Waals surface area contributed by atoms with E-state index < -0.39 is 0 Å². The fourth-order valence-electron chi connectivity index (χ4n) is 2.63. The summed E-state index contributed by atoms with van der Waals surface area (Å²) in [4.78, 5) is 0. The van der Waals surface area contributed by atoms with Crippen molar-refractivity contribution in [1.82, 2.24) is 5.32 Å². The van der Waals surface area contributed by atoms with Crippen LogP contribution in [-0.2, 0) is 4.74 Å². The molecule has 1 saturated heterocycles. The molecular formula is C17H27NO. The van der Waals surface area contributed by atoms with Crippen molar-refractivity contribution in [1.29, 1.82) is 0 Å². The molecule has 1 aromatic carbocycles.